The van der Waals surface area contributed by atoms with E-state index in [2.05, 4.69) is 15.5 Å². The van der Waals surface area contributed by atoms with Crippen LogP contribution < -0.4 is 5.32 Å². The number of rotatable bonds is 6. The zero-order chi connectivity index (χ0) is 21.4. The number of carbonyl (C=O) groups is 1. The molecule has 1 aliphatic heterocycles. The molecule has 1 fully saturated rings. The second-order valence-electron chi connectivity index (χ2n) is 7.63. The Balaban J connectivity index is 1.45. The standard InChI is InChI=1S/C22H21ClN4O2S2/c1-27-19(28)18(30-21-26-25-20(31-21)24-13-14-7-6-12-29-14)16-9-4-5-11-22(16,27)15-8-2-3-10-17(15)23/h2-3,6-8,10,12H,4-5,9,11,13H2,1H3,(H,24,25). The van der Waals surface area contributed by atoms with Gasteiger partial charge in [-0.15, -0.1) is 10.2 Å². The third kappa shape index (κ3) is 3.56. The number of anilines is 1. The Hall–Kier alpha value is -2.29. The minimum atomic E-state index is -0.471. The Labute approximate surface area is 193 Å². The van der Waals surface area contributed by atoms with Crippen LogP contribution in [0.5, 0.6) is 0 Å². The first-order valence-electron chi connectivity index (χ1n) is 10.1. The first-order valence-corrected chi connectivity index (χ1v) is 12.1. The summed E-state index contributed by atoms with van der Waals surface area (Å²) in [6.07, 6.45) is 5.53. The van der Waals surface area contributed by atoms with Crippen molar-refractivity contribution in [1.82, 2.24) is 15.1 Å². The number of thioether (sulfide) groups is 1. The fourth-order valence-electron chi connectivity index (χ4n) is 4.53. The van der Waals surface area contributed by atoms with Crippen LogP contribution in [0.4, 0.5) is 5.13 Å². The number of benzene rings is 1. The van der Waals surface area contributed by atoms with Gasteiger partial charge in [-0.25, -0.2) is 0 Å². The van der Waals surface area contributed by atoms with Crippen LogP contribution in [0.3, 0.4) is 0 Å². The van der Waals surface area contributed by atoms with Crippen molar-refractivity contribution in [2.75, 3.05) is 12.4 Å². The Kier molecular flexibility index (Phi) is 5.54. The number of carbonyl (C=O) groups excluding carboxylic acids is 1. The highest BCUT2D eigenvalue weighted by molar-refractivity contribution is 8.05. The highest BCUT2D eigenvalue weighted by Gasteiger charge is 2.52. The summed E-state index contributed by atoms with van der Waals surface area (Å²) in [7, 11) is 1.89. The number of furan rings is 1. The lowest BCUT2D eigenvalue weighted by Gasteiger charge is -2.42. The molecule has 1 amide bonds. The molecule has 31 heavy (non-hydrogen) atoms. The maximum atomic E-state index is 13.4. The van der Waals surface area contributed by atoms with Gasteiger partial charge in [-0.3, -0.25) is 4.79 Å². The lowest BCUT2D eigenvalue weighted by atomic mass is 9.73. The second-order valence-corrected chi connectivity index (χ2v) is 10.3. The highest BCUT2D eigenvalue weighted by Crippen LogP contribution is 2.55. The lowest BCUT2D eigenvalue weighted by Crippen LogP contribution is -2.44. The topological polar surface area (TPSA) is 71.3 Å². The van der Waals surface area contributed by atoms with Crippen LogP contribution in [0, 0.1) is 0 Å². The molecule has 1 aromatic carbocycles. The van der Waals surface area contributed by atoms with Crippen LogP contribution in [-0.4, -0.2) is 28.1 Å². The zero-order valence-electron chi connectivity index (χ0n) is 16.9. The average molecular weight is 473 g/mol. The maximum Gasteiger partial charge on any atom is 0.261 e. The van der Waals surface area contributed by atoms with E-state index in [1.807, 2.05) is 48.3 Å². The third-order valence-electron chi connectivity index (χ3n) is 5.97. The number of amides is 1. The van der Waals surface area contributed by atoms with E-state index in [9.17, 15) is 4.79 Å². The van der Waals surface area contributed by atoms with Gasteiger partial charge in [0.2, 0.25) is 5.13 Å². The van der Waals surface area contributed by atoms with E-state index in [1.165, 1.54) is 23.1 Å². The summed E-state index contributed by atoms with van der Waals surface area (Å²) >= 11 is 9.47. The van der Waals surface area contributed by atoms with Gasteiger partial charge in [-0.1, -0.05) is 59.3 Å². The quantitative estimate of drug-likeness (QED) is 0.497. The van der Waals surface area contributed by atoms with Crippen molar-refractivity contribution in [2.45, 2.75) is 42.1 Å². The molecule has 9 heteroatoms. The molecule has 2 aliphatic rings. The molecule has 5 rings (SSSR count). The Morgan fingerprint density at radius 3 is 2.94 bits per heavy atom. The van der Waals surface area contributed by atoms with E-state index >= 15 is 0 Å². The molecule has 0 spiro atoms. The highest BCUT2D eigenvalue weighted by atomic mass is 35.5. The third-order valence-corrected chi connectivity index (χ3v) is 8.36. The normalized spacial score (nSPS) is 21.0. The molecule has 0 saturated heterocycles. The van der Waals surface area contributed by atoms with Crippen molar-refractivity contribution in [1.29, 1.82) is 0 Å². The minimum absolute atomic E-state index is 0.0297. The summed E-state index contributed by atoms with van der Waals surface area (Å²) in [5, 5.41) is 13.1. The smallest absolute Gasteiger partial charge is 0.261 e. The van der Waals surface area contributed by atoms with E-state index in [1.54, 1.807) is 6.26 Å². The molecule has 3 heterocycles. The molecular weight excluding hydrogens is 452 g/mol. The molecule has 1 unspecified atom stereocenters. The predicted octanol–water partition coefficient (Wildman–Crippen LogP) is 5.68. The SMILES string of the molecule is CN1C(=O)C(Sc2nnc(NCc3ccco3)s2)=C2CCCCC21c1ccccc1Cl. The molecule has 1 aliphatic carbocycles. The number of hydrogen-bond acceptors (Lipinski definition) is 7. The van der Waals surface area contributed by atoms with Gasteiger partial charge in [0, 0.05) is 17.6 Å². The number of fused-ring (bicyclic) bond motifs is 1. The first-order chi connectivity index (χ1) is 15.1. The Morgan fingerprint density at radius 2 is 2.13 bits per heavy atom. The average Bonchev–Trinajstić information content (AvgIpc) is 3.51. The second kappa shape index (κ2) is 8.33. The Bertz CT molecular complexity index is 1140. The molecule has 6 nitrogen and oxygen atoms in total. The predicted molar refractivity (Wildman–Crippen MR) is 123 cm³/mol. The number of likely N-dealkylation sites (N-methyl/N-ethyl adjacent to an activating group) is 1. The van der Waals surface area contributed by atoms with Gasteiger partial charge in [0.05, 0.1) is 23.3 Å². The van der Waals surface area contributed by atoms with Crippen LogP contribution in [0.15, 0.2) is 61.9 Å². The summed E-state index contributed by atoms with van der Waals surface area (Å²) in [6.45, 7) is 0.539. The summed E-state index contributed by atoms with van der Waals surface area (Å²) in [5.74, 6) is 0.857. The summed E-state index contributed by atoms with van der Waals surface area (Å²) < 4.78 is 6.08. The molecule has 1 atom stereocenters. The first kappa shape index (κ1) is 20.6. The monoisotopic (exact) mass is 472 g/mol. The van der Waals surface area contributed by atoms with E-state index in [-0.39, 0.29) is 5.91 Å². The van der Waals surface area contributed by atoms with Crippen molar-refractivity contribution in [3.05, 3.63) is 69.5 Å². The van der Waals surface area contributed by atoms with E-state index < -0.39 is 5.54 Å². The summed E-state index contributed by atoms with van der Waals surface area (Å²) in [4.78, 5) is 16.0. The van der Waals surface area contributed by atoms with Gasteiger partial charge in [0.25, 0.3) is 5.91 Å². The molecule has 3 aromatic rings. The van der Waals surface area contributed by atoms with Crippen molar-refractivity contribution >= 4 is 45.7 Å². The molecule has 1 N–H and O–H groups in total. The molecule has 0 radical (unpaired) electrons. The zero-order valence-corrected chi connectivity index (χ0v) is 19.3. The van der Waals surface area contributed by atoms with Gasteiger partial charge >= 0.3 is 0 Å². The number of nitrogens with one attached hydrogen (secondary N) is 1. The molecule has 160 valence electrons. The van der Waals surface area contributed by atoms with Gasteiger partial charge in [0.15, 0.2) is 4.34 Å². The van der Waals surface area contributed by atoms with Crippen molar-refractivity contribution in [3.63, 3.8) is 0 Å². The maximum absolute atomic E-state index is 13.4. The fraction of sp³-hybridized carbons (Fsp3) is 0.318. The molecule has 1 saturated carbocycles. The minimum Gasteiger partial charge on any atom is -0.467 e. The molecule has 2 aromatic heterocycles. The van der Waals surface area contributed by atoms with E-state index in [0.29, 0.717) is 16.7 Å². The van der Waals surface area contributed by atoms with Gasteiger partial charge < -0.3 is 14.6 Å². The van der Waals surface area contributed by atoms with Crippen molar-refractivity contribution < 1.29 is 9.21 Å². The van der Waals surface area contributed by atoms with E-state index in [0.717, 1.165) is 51.8 Å². The van der Waals surface area contributed by atoms with Crippen LogP contribution in [0.1, 0.15) is 37.0 Å². The summed E-state index contributed by atoms with van der Waals surface area (Å²) in [5.41, 5.74) is 1.70. The Morgan fingerprint density at radius 1 is 1.26 bits per heavy atom. The van der Waals surface area contributed by atoms with Gasteiger partial charge in [0.1, 0.15) is 5.76 Å². The van der Waals surface area contributed by atoms with E-state index in [4.69, 9.17) is 16.0 Å². The van der Waals surface area contributed by atoms with Crippen LogP contribution >= 0.6 is 34.7 Å². The number of aromatic nitrogens is 2. The molecule has 0 bridgehead atoms. The number of hydrogen-bond donors (Lipinski definition) is 1. The van der Waals surface area contributed by atoms with Crippen molar-refractivity contribution in [2.24, 2.45) is 0 Å². The van der Waals surface area contributed by atoms with Gasteiger partial charge in [-0.05, 0) is 43.0 Å². The van der Waals surface area contributed by atoms with Crippen molar-refractivity contribution in [3.8, 4) is 0 Å². The largest absolute Gasteiger partial charge is 0.467 e. The lowest BCUT2D eigenvalue weighted by molar-refractivity contribution is -0.128. The van der Waals surface area contributed by atoms with Crippen LogP contribution in [0.2, 0.25) is 5.02 Å². The number of nitrogens with zero attached hydrogens (tertiary/aromatic N) is 3. The molecular formula is C22H21ClN4O2S2. The fourth-order valence-corrected chi connectivity index (χ4v) is 6.83. The van der Waals surface area contributed by atoms with Crippen LogP contribution in [-0.2, 0) is 16.9 Å². The van der Waals surface area contributed by atoms with Gasteiger partial charge in [-0.2, -0.15) is 0 Å². The number of halogens is 1. The van der Waals surface area contributed by atoms with Crippen LogP contribution in [0.25, 0.3) is 0 Å². The summed E-state index contributed by atoms with van der Waals surface area (Å²) in [6, 6.07) is 11.6.